The number of carboxylic acids is 1. The second-order valence-corrected chi connectivity index (χ2v) is 5.44. The van der Waals surface area contributed by atoms with Gasteiger partial charge in [0.15, 0.2) is 0 Å². The zero-order valence-electron chi connectivity index (χ0n) is 10.6. The Balaban J connectivity index is 2.29. The van der Waals surface area contributed by atoms with Gasteiger partial charge in [0, 0.05) is 12.3 Å². The van der Waals surface area contributed by atoms with Crippen molar-refractivity contribution in [1.29, 1.82) is 0 Å². The summed E-state index contributed by atoms with van der Waals surface area (Å²) in [5.74, 6) is -0.617. The first-order chi connectivity index (χ1) is 9.02. The Morgan fingerprint density at radius 1 is 1.47 bits per heavy atom. The Morgan fingerprint density at radius 3 is 2.79 bits per heavy atom. The number of hydrogen-bond acceptors (Lipinski definition) is 6. The van der Waals surface area contributed by atoms with Crippen LogP contribution in [0.15, 0.2) is 0 Å². The molecule has 1 fully saturated rings. The Kier molecular flexibility index (Phi) is 7.21. The molecule has 7 nitrogen and oxygen atoms in total. The maximum atomic E-state index is 11.6. The van der Waals surface area contributed by atoms with Crippen molar-refractivity contribution < 1.29 is 24.4 Å². The van der Waals surface area contributed by atoms with Gasteiger partial charge in [-0.25, -0.2) is 0 Å². The van der Waals surface area contributed by atoms with Crippen LogP contribution in [0.1, 0.15) is 19.3 Å². The Bertz CT molecular complexity index is 320. The van der Waals surface area contributed by atoms with Crippen LogP contribution < -0.4 is 11.1 Å². The van der Waals surface area contributed by atoms with Gasteiger partial charge in [-0.15, -0.1) is 0 Å². The highest BCUT2D eigenvalue weighted by molar-refractivity contribution is 7.99. The van der Waals surface area contributed by atoms with Crippen molar-refractivity contribution in [2.45, 2.75) is 31.3 Å². The molecule has 0 spiro atoms. The lowest BCUT2D eigenvalue weighted by molar-refractivity contribution is -0.139. The van der Waals surface area contributed by atoms with Crippen LogP contribution in [0.25, 0.3) is 0 Å². The lowest BCUT2D eigenvalue weighted by Gasteiger charge is -2.30. The first kappa shape index (κ1) is 16.3. The summed E-state index contributed by atoms with van der Waals surface area (Å²) in [7, 11) is -1.15. The molecule has 1 aliphatic rings. The fraction of sp³-hybridized carbons (Fsp3) is 0.800. The van der Waals surface area contributed by atoms with Crippen LogP contribution in [0, 0.1) is 0 Å². The van der Waals surface area contributed by atoms with Gasteiger partial charge in [-0.2, -0.15) is 11.8 Å². The van der Waals surface area contributed by atoms with Gasteiger partial charge in [0.05, 0.1) is 24.2 Å². The van der Waals surface area contributed by atoms with Gasteiger partial charge in [-0.05, 0) is 12.8 Å². The maximum Gasteiger partial charge on any atom is 0.478 e. The Hall–Kier alpha value is -0.765. The van der Waals surface area contributed by atoms with E-state index in [0.29, 0.717) is 30.9 Å². The quantitative estimate of drug-likeness (QED) is 0.344. The highest BCUT2D eigenvalue weighted by atomic mass is 32.2. The molecule has 2 atom stereocenters. The summed E-state index contributed by atoms with van der Waals surface area (Å²) in [4.78, 5) is 22.1. The van der Waals surface area contributed by atoms with E-state index in [1.165, 1.54) is 11.8 Å². The van der Waals surface area contributed by atoms with Crippen molar-refractivity contribution in [3.63, 3.8) is 0 Å². The van der Waals surface area contributed by atoms with Gasteiger partial charge < -0.3 is 25.8 Å². The van der Waals surface area contributed by atoms with Gasteiger partial charge in [0.2, 0.25) is 5.91 Å². The molecule has 19 heavy (non-hydrogen) atoms. The number of nitrogens with one attached hydrogen (secondary N) is 1. The molecule has 1 amide bonds. The van der Waals surface area contributed by atoms with E-state index >= 15 is 0 Å². The highest BCUT2D eigenvalue weighted by Gasteiger charge is 2.36. The normalized spacial score (nSPS) is 23.2. The SMILES string of the molecule is NCCSCC(=O)N[C@H]1CCC(CC(=O)O)OB1O. The molecule has 0 aromatic heterocycles. The third-order valence-electron chi connectivity index (χ3n) is 2.72. The minimum atomic E-state index is -1.15. The van der Waals surface area contributed by atoms with Gasteiger partial charge in [0.1, 0.15) is 0 Å². The molecule has 9 heteroatoms. The first-order valence-corrected chi connectivity index (χ1v) is 7.31. The Labute approximate surface area is 116 Å². The van der Waals surface area contributed by atoms with Crippen molar-refractivity contribution in [2.24, 2.45) is 5.73 Å². The molecule has 0 saturated carbocycles. The van der Waals surface area contributed by atoms with Crippen LogP contribution in [0.5, 0.6) is 0 Å². The van der Waals surface area contributed by atoms with Crippen molar-refractivity contribution in [2.75, 3.05) is 18.1 Å². The van der Waals surface area contributed by atoms with Gasteiger partial charge in [-0.3, -0.25) is 9.59 Å². The summed E-state index contributed by atoms with van der Waals surface area (Å²) in [6.07, 6.45) is 0.382. The summed E-state index contributed by atoms with van der Waals surface area (Å²) < 4.78 is 5.17. The van der Waals surface area contributed by atoms with Crippen LogP contribution in [0.2, 0.25) is 0 Å². The average molecular weight is 290 g/mol. The predicted octanol–water partition coefficient (Wildman–Crippen LogP) is -1.16. The summed E-state index contributed by atoms with van der Waals surface area (Å²) in [5, 5.41) is 21.0. The number of carbonyl (C=O) groups is 2. The minimum absolute atomic E-state index is 0.135. The largest absolute Gasteiger partial charge is 0.481 e. The molecule has 0 aromatic carbocycles. The van der Waals surface area contributed by atoms with Crippen LogP contribution in [-0.2, 0) is 14.2 Å². The lowest BCUT2D eigenvalue weighted by Crippen LogP contribution is -2.53. The van der Waals surface area contributed by atoms with Crippen LogP contribution in [-0.4, -0.2) is 59.2 Å². The van der Waals surface area contributed by atoms with Crippen LogP contribution >= 0.6 is 11.8 Å². The third kappa shape index (κ3) is 6.28. The molecule has 1 rings (SSSR count). The summed E-state index contributed by atoms with van der Waals surface area (Å²) in [6, 6.07) is 0. The molecule has 1 saturated heterocycles. The van der Waals surface area contributed by atoms with E-state index in [0.717, 1.165) is 0 Å². The highest BCUT2D eigenvalue weighted by Crippen LogP contribution is 2.18. The average Bonchev–Trinajstić information content (AvgIpc) is 2.32. The lowest BCUT2D eigenvalue weighted by atomic mass is 9.72. The topological polar surface area (TPSA) is 122 Å². The van der Waals surface area contributed by atoms with E-state index < -0.39 is 25.1 Å². The summed E-state index contributed by atoms with van der Waals surface area (Å²) >= 11 is 1.42. The molecule has 0 aliphatic carbocycles. The van der Waals surface area contributed by atoms with Gasteiger partial charge >= 0.3 is 13.1 Å². The second kappa shape index (κ2) is 8.41. The summed E-state index contributed by atoms with van der Waals surface area (Å²) in [5.41, 5.74) is 5.32. The molecule has 1 heterocycles. The number of amides is 1. The van der Waals surface area contributed by atoms with E-state index in [-0.39, 0.29) is 12.3 Å². The first-order valence-electron chi connectivity index (χ1n) is 6.15. The molecular formula is C10H19BN2O5S. The fourth-order valence-electron chi connectivity index (χ4n) is 1.85. The smallest absolute Gasteiger partial charge is 0.478 e. The van der Waals surface area contributed by atoms with Crippen molar-refractivity contribution in [3.05, 3.63) is 0 Å². The Morgan fingerprint density at radius 2 is 2.21 bits per heavy atom. The fourth-order valence-corrected chi connectivity index (χ4v) is 2.43. The monoisotopic (exact) mass is 290 g/mol. The minimum Gasteiger partial charge on any atom is -0.481 e. The van der Waals surface area contributed by atoms with Gasteiger partial charge in [0.25, 0.3) is 0 Å². The second-order valence-electron chi connectivity index (χ2n) is 4.34. The molecule has 0 bridgehead atoms. The zero-order chi connectivity index (χ0) is 14.3. The molecule has 108 valence electrons. The number of carbonyl (C=O) groups excluding carboxylic acids is 1. The number of nitrogens with two attached hydrogens (primary N) is 1. The number of carboxylic acid groups (broad SMARTS) is 1. The number of aliphatic carboxylic acids is 1. The maximum absolute atomic E-state index is 11.6. The standard InChI is InChI=1S/C10H19BN2O5S/c12-3-4-19-6-9(14)13-8-2-1-7(5-10(15)16)18-11(8)17/h7-8,17H,1-6,12H2,(H,13,14)(H,15,16)/t7?,8-/m0/s1. The predicted molar refractivity (Wildman–Crippen MR) is 72.6 cm³/mol. The van der Waals surface area contributed by atoms with Crippen molar-refractivity contribution >= 4 is 30.8 Å². The molecule has 0 aromatic rings. The number of thioether (sulfide) groups is 1. The van der Waals surface area contributed by atoms with E-state index in [2.05, 4.69) is 5.32 Å². The number of hydrogen-bond donors (Lipinski definition) is 4. The summed E-state index contributed by atoms with van der Waals surface area (Å²) in [6.45, 7) is 0.518. The van der Waals surface area contributed by atoms with E-state index in [4.69, 9.17) is 15.5 Å². The molecular weight excluding hydrogens is 271 g/mol. The molecule has 5 N–H and O–H groups in total. The van der Waals surface area contributed by atoms with Crippen molar-refractivity contribution in [3.8, 4) is 0 Å². The molecule has 1 unspecified atom stereocenters. The molecule has 1 aliphatic heterocycles. The van der Waals surface area contributed by atoms with E-state index in [1.54, 1.807) is 0 Å². The van der Waals surface area contributed by atoms with Crippen molar-refractivity contribution in [1.82, 2.24) is 5.32 Å². The van der Waals surface area contributed by atoms with Gasteiger partial charge in [-0.1, -0.05) is 0 Å². The third-order valence-corrected chi connectivity index (χ3v) is 3.71. The van der Waals surface area contributed by atoms with E-state index in [9.17, 15) is 14.6 Å². The van der Waals surface area contributed by atoms with Crippen LogP contribution in [0.3, 0.4) is 0 Å². The van der Waals surface area contributed by atoms with E-state index in [1.807, 2.05) is 0 Å². The number of rotatable bonds is 7. The zero-order valence-corrected chi connectivity index (χ0v) is 11.4. The van der Waals surface area contributed by atoms with Crippen LogP contribution in [0.4, 0.5) is 0 Å². The molecule has 0 radical (unpaired) electrons.